The Bertz CT molecular complexity index is 338. The van der Waals surface area contributed by atoms with Crippen LogP contribution < -0.4 is 17.2 Å². The fraction of sp³-hybridized carbons (Fsp3) is 0. The maximum absolute atomic E-state index is 10.8. The van der Waals surface area contributed by atoms with Crippen molar-refractivity contribution in [3.8, 4) is 0 Å². The summed E-state index contributed by atoms with van der Waals surface area (Å²) in [7, 11) is 0. The van der Waals surface area contributed by atoms with E-state index in [9.17, 15) is 4.79 Å². The van der Waals surface area contributed by atoms with Gasteiger partial charge in [-0.05, 0) is 12.1 Å². The predicted octanol–water partition coefficient (Wildman–Crippen LogP) is 0.712. The monoisotopic (exact) mass is 229 g/mol. The first kappa shape index (κ1) is 8.86. The number of carbonyl (C=O) groups excluding carboxylic acids is 1. The Morgan fingerprint density at radius 2 is 1.92 bits per heavy atom. The first-order valence-electron chi connectivity index (χ1n) is 3.16. The topological polar surface area (TPSA) is 95.1 Å². The number of benzene rings is 1. The molecule has 0 aromatic heterocycles. The van der Waals surface area contributed by atoms with Gasteiger partial charge in [-0.15, -0.1) is 0 Å². The largest absolute Gasteiger partial charge is 0.397 e. The van der Waals surface area contributed by atoms with Gasteiger partial charge in [-0.25, -0.2) is 0 Å². The fourth-order valence-electron chi connectivity index (χ4n) is 0.843. The van der Waals surface area contributed by atoms with Crippen molar-refractivity contribution in [3.05, 3.63) is 22.2 Å². The molecule has 0 unspecified atom stereocenters. The predicted molar refractivity (Wildman–Crippen MR) is 51.5 cm³/mol. The van der Waals surface area contributed by atoms with E-state index in [0.29, 0.717) is 10.2 Å². The second-order valence-electron chi connectivity index (χ2n) is 2.32. The van der Waals surface area contributed by atoms with Crippen molar-refractivity contribution >= 4 is 33.2 Å². The number of carbonyl (C=O) groups is 1. The number of hydrogen-bond acceptors (Lipinski definition) is 3. The Kier molecular flexibility index (Phi) is 2.23. The molecule has 4 nitrogen and oxygen atoms in total. The summed E-state index contributed by atoms with van der Waals surface area (Å²) in [5, 5.41) is 0. The number of rotatable bonds is 1. The van der Waals surface area contributed by atoms with Gasteiger partial charge in [-0.1, -0.05) is 15.9 Å². The van der Waals surface area contributed by atoms with E-state index >= 15 is 0 Å². The van der Waals surface area contributed by atoms with Crippen molar-refractivity contribution < 1.29 is 4.79 Å². The fourth-order valence-corrected chi connectivity index (χ4v) is 1.32. The molecule has 0 atom stereocenters. The van der Waals surface area contributed by atoms with E-state index in [2.05, 4.69) is 15.9 Å². The molecule has 0 aliphatic carbocycles. The average molecular weight is 230 g/mol. The lowest BCUT2D eigenvalue weighted by atomic mass is 10.1. The summed E-state index contributed by atoms with van der Waals surface area (Å²) < 4.78 is 0.683. The van der Waals surface area contributed by atoms with E-state index in [1.807, 2.05) is 0 Å². The molecule has 0 fully saturated rings. The third-order valence-corrected chi connectivity index (χ3v) is 1.90. The highest BCUT2D eigenvalue weighted by Gasteiger charge is 2.08. The Morgan fingerprint density at radius 1 is 1.33 bits per heavy atom. The molecule has 1 rings (SSSR count). The zero-order valence-corrected chi connectivity index (χ0v) is 7.76. The van der Waals surface area contributed by atoms with Crippen LogP contribution in [0.4, 0.5) is 11.4 Å². The Balaban J connectivity index is 3.37. The Labute approximate surface area is 77.8 Å². The van der Waals surface area contributed by atoms with E-state index < -0.39 is 5.91 Å². The van der Waals surface area contributed by atoms with Crippen LogP contribution in [0.3, 0.4) is 0 Å². The van der Waals surface area contributed by atoms with Gasteiger partial charge in [-0.3, -0.25) is 4.79 Å². The van der Waals surface area contributed by atoms with Crippen LogP contribution in [0.15, 0.2) is 16.6 Å². The summed E-state index contributed by atoms with van der Waals surface area (Å²) in [5.74, 6) is -0.583. The van der Waals surface area contributed by atoms with Gasteiger partial charge in [0.25, 0.3) is 5.91 Å². The number of anilines is 2. The minimum absolute atomic E-state index is 0.228. The minimum atomic E-state index is -0.583. The SMILES string of the molecule is NC(=O)c1cc(Br)cc(N)c1N. The third-order valence-electron chi connectivity index (χ3n) is 1.44. The lowest BCUT2D eigenvalue weighted by Gasteiger charge is -2.05. The van der Waals surface area contributed by atoms with Gasteiger partial charge in [-0.2, -0.15) is 0 Å². The van der Waals surface area contributed by atoms with Gasteiger partial charge >= 0.3 is 0 Å². The lowest BCUT2D eigenvalue weighted by Crippen LogP contribution is -2.14. The smallest absolute Gasteiger partial charge is 0.250 e. The van der Waals surface area contributed by atoms with Crippen molar-refractivity contribution in [3.63, 3.8) is 0 Å². The number of nitrogens with two attached hydrogens (primary N) is 3. The number of primary amides is 1. The Hall–Kier alpha value is -1.23. The standard InChI is InChI=1S/C7H8BrN3O/c8-3-1-4(7(11)12)6(10)5(9)2-3/h1-2H,9-10H2,(H2,11,12). The molecule has 1 aromatic carbocycles. The third kappa shape index (κ3) is 1.50. The molecular weight excluding hydrogens is 222 g/mol. The van der Waals surface area contributed by atoms with Gasteiger partial charge < -0.3 is 17.2 Å². The van der Waals surface area contributed by atoms with Crippen molar-refractivity contribution in [2.45, 2.75) is 0 Å². The summed E-state index contributed by atoms with van der Waals surface area (Å²) in [5.41, 5.74) is 16.9. The van der Waals surface area contributed by atoms with E-state index in [1.54, 1.807) is 6.07 Å². The highest BCUT2D eigenvalue weighted by atomic mass is 79.9. The second-order valence-corrected chi connectivity index (χ2v) is 3.24. The normalized spacial score (nSPS) is 9.75. The van der Waals surface area contributed by atoms with Crippen LogP contribution in [0, 0.1) is 0 Å². The van der Waals surface area contributed by atoms with Crippen LogP contribution in [-0.4, -0.2) is 5.91 Å². The Morgan fingerprint density at radius 3 is 2.42 bits per heavy atom. The van der Waals surface area contributed by atoms with Crippen LogP contribution in [0.5, 0.6) is 0 Å². The molecule has 0 spiro atoms. The van der Waals surface area contributed by atoms with Gasteiger partial charge in [0.15, 0.2) is 0 Å². The molecule has 64 valence electrons. The first-order valence-corrected chi connectivity index (χ1v) is 3.96. The summed E-state index contributed by atoms with van der Waals surface area (Å²) in [6.45, 7) is 0. The van der Waals surface area contributed by atoms with Gasteiger partial charge in [0, 0.05) is 4.47 Å². The molecule has 12 heavy (non-hydrogen) atoms. The molecule has 0 heterocycles. The van der Waals surface area contributed by atoms with E-state index in [0.717, 1.165) is 0 Å². The number of amides is 1. The molecule has 0 bridgehead atoms. The van der Waals surface area contributed by atoms with Crippen LogP contribution in [0.25, 0.3) is 0 Å². The lowest BCUT2D eigenvalue weighted by molar-refractivity contribution is 0.100. The molecule has 0 radical (unpaired) electrons. The zero-order valence-electron chi connectivity index (χ0n) is 6.17. The first-order chi connectivity index (χ1) is 5.52. The molecular formula is C7H8BrN3O. The molecule has 5 heteroatoms. The highest BCUT2D eigenvalue weighted by Crippen LogP contribution is 2.24. The number of halogens is 1. The minimum Gasteiger partial charge on any atom is -0.397 e. The van der Waals surface area contributed by atoms with Crippen molar-refractivity contribution in [1.82, 2.24) is 0 Å². The van der Waals surface area contributed by atoms with Crippen molar-refractivity contribution in [2.24, 2.45) is 5.73 Å². The van der Waals surface area contributed by atoms with E-state index in [4.69, 9.17) is 17.2 Å². The molecule has 1 amide bonds. The maximum atomic E-state index is 10.8. The summed E-state index contributed by atoms with van der Waals surface area (Å²) in [6, 6.07) is 3.15. The van der Waals surface area contributed by atoms with Crippen molar-refractivity contribution in [1.29, 1.82) is 0 Å². The molecule has 0 saturated heterocycles. The zero-order chi connectivity index (χ0) is 9.30. The van der Waals surface area contributed by atoms with Gasteiger partial charge in [0.2, 0.25) is 0 Å². The maximum Gasteiger partial charge on any atom is 0.250 e. The summed E-state index contributed by atoms with van der Waals surface area (Å²) in [6.07, 6.45) is 0. The molecule has 0 aliphatic rings. The van der Waals surface area contributed by atoms with Gasteiger partial charge in [0.05, 0.1) is 16.9 Å². The van der Waals surface area contributed by atoms with Crippen LogP contribution in [-0.2, 0) is 0 Å². The van der Waals surface area contributed by atoms with E-state index in [-0.39, 0.29) is 11.3 Å². The number of nitrogen functional groups attached to an aromatic ring is 2. The summed E-state index contributed by atoms with van der Waals surface area (Å²) in [4.78, 5) is 10.8. The van der Waals surface area contributed by atoms with Crippen LogP contribution in [0.2, 0.25) is 0 Å². The van der Waals surface area contributed by atoms with E-state index in [1.165, 1.54) is 6.07 Å². The van der Waals surface area contributed by atoms with Crippen LogP contribution in [0.1, 0.15) is 10.4 Å². The molecule has 6 N–H and O–H groups in total. The second kappa shape index (κ2) is 3.02. The molecule has 1 aromatic rings. The average Bonchev–Trinajstić information content (AvgIpc) is 1.96. The summed E-state index contributed by atoms with van der Waals surface area (Å²) >= 11 is 3.17. The molecule has 0 aliphatic heterocycles. The van der Waals surface area contributed by atoms with Crippen LogP contribution >= 0.6 is 15.9 Å². The van der Waals surface area contributed by atoms with Crippen molar-refractivity contribution in [2.75, 3.05) is 11.5 Å². The quantitative estimate of drug-likeness (QED) is 0.620. The highest BCUT2D eigenvalue weighted by molar-refractivity contribution is 9.10. The number of hydrogen-bond donors (Lipinski definition) is 3. The molecule has 0 saturated carbocycles. The van der Waals surface area contributed by atoms with Gasteiger partial charge in [0.1, 0.15) is 0 Å².